The minimum Gasteiger partial charge on any atom is -0.368 e. The second kappa shape index (κ2) is 6.14. The summed E-state index contributed by atoms with van der Waals surface area (Å²) < 4.78 is 13.9. The first kappa shape index (κ1) is 16.1. The number of amides is 1. The summed E-state index contributed by atoms with van der Waals surface area (Å²) in [5.41, 5.74) is 9.77. The van der Waals surface area contributed by atoms with Gasteiger partial charge in [-0.2, -0.15) is 0 Å². The lowest BCUT2D eigenvalue weighted by molar-refractivity contribution is 0.0947. The molecule has 0 saturated heterocycles. The van der Waals surface area contributed by atoms with Gasteiger partial charge in [0.2, 0.25) is 5.95 Å². The van der Waals surface area contributed by atoms with E-state index in [-0.39, 0.29) is 17.7 Å². The Morgan fingerprint density at radius 3 is 2.96 bits per heavy atom. The van der Waals surface area contributed by atoms with Crippen LogP contribution in [0.5, 0.6) is 0 Å². The zero-order valence-corrected chi connectivity index (χ0v) is 14.1. The monoisotopic (exact) mass is 352 g/mol. The Labute approximate surface area is 148 Å². The van der Waals surface area contributed by atoms with Crippen LogP contribution in [0.2, 0.25) is 0 Å². The summed E-state index contributed by atoms with van der Waals surface area (Å²) in [5.74, 6) is -0.378. The van der Waals surface area contributed by atoms with Gasteiger partial charge in [0.25, 0.3) is 5.91 Å². The highest BCUT2D eigenvalue weighted by molar-refractivity contribution is 6.06. The molecule has 2 aromatic heterocycles. The Kier molecular flexibility index (Phi) is 3.80. The Morgan fingerprint density at radius 1 is 1.31 bits per heavy atom. The summed E-state index contributed by atoms with van der Waals surface area (Å²) in [6, 6.07) is 6.48. The number of aromatic amines is 1. The number of anilines is 3. The predicted molar refractivity (Wildman–Crippen MR) is 96.7 cm³/mol. The van der Waals surface area contributed by atoms with Crippen molar-refractivity contribution in [1.29, 1.82) is 0 Å². The minimum absolute atomic E-state index is 0.132. The molecule has 0 radical (unpaired) electrons. The van der Waals surface area contributed by atoms with Crippen LogP contribution in [-0.4, -0.2) is 27.4 Å². The van der Waals surface area contributed by atoms with E-state index >= 15 is 0 Å². The molecule has 0 bridgehead atoms. The molecule has 8 heteroatoms. The molecule has 7 nitrogen and oxygen atoms in total. The lowest BCUT2D eigenvalue weighted by Gasteiger charge is -2.16. The topological polar surface area (TPSA) is 109 Å². The van der Waals surface area contributed by atoms with Gasteiger partial charge in [-0.25, -0.2) is 14.4 Å². The van der Waals surface area contributed by atoms with Gasteiger partial charge in [0.05, 0.1) is 22.6 Å². The Balaban J connectivity index is 1.90. The normalized spacial score (nSPS) is 13.2. The van der Waals surface area contributed by atoms with Gasteiger partial charge < -0.3 is 21.4 Å². The number of carbonyl (C=O) groups excluding carboxylic acids is 1. The number of nitrogens with zero attached hydrogens (tertiary/aromatic N) is 2. The minimum atomic E-state index is -0.323. The average Bonchev–Trinajstić information content (AvgIpc) is 2.99. The number of H-pyrrole nitrogens is 1. The molecule has 0 spiro atoms. The molecule has 3 heterocycles. The van der Waals surface area contributed by atoms with Crippen molar-refractivity contribution in [3.05, 3.63) is 53.1 Å². The number of aromatic nitrogens is 3. The third kappa shape index (κ3) is 2.65. The van der Waals surface area contributed by atoms with Gasteiger partial charge >= 0.3 is 0 Å². The van der Waals surface area contributed by atoms with Gasteiger partial charge in [0.15, 0.2) is 0 Å². The molecule has 0 atom stereocenters. The van der Waals surface area contributed by atoms with Gasteiger partial charge in [0, 0.05) is 36.1 Å². The second-order valence-electron chi connectivity index (χ2n) is 6.07. The summed E-state index contributed by atoms with van der Waals surface area (Å²) >= 11 is 0. The number of rotatable bonds is 3. The maximum absolute atomic E-state index is 13.9. The molecular weight excluding hydrogens is 335 g/mol. The van der Waals surface area contributed by atoms with E-state index < -0.39 is 0 Å². The van der Waals surface area contributed by atoms with Crippen molar-refractivity contribution < 1.29 is 9.18 Å². The lowest BCUT2D eigenvalue weighted by Crippen LogP contribution is -2.31. The molecule has 0 aliphatic carbocycles. The van der Waals surface area contributed by atoms with Crippen LogP contribution in [0.4, 0.5) is 21.7 Å². The van der Waals surface area contributed by atoms with Crippen molar-refractivity contribution >= 4 is 23.2 Å². The summed E-state index contributed by atoms with van der Waals surface area (Å²) in [6.07, 6.45) is 2.22. The molecule has 0 saturated carbocycles. The van der Waals surface area contributed by atoms with E-state index in [1.54, 1.807) is 31.3 Å². The third-order valence-corrected chi connectivity index (χ3v) is 4.42. The number of halogens is 1. The van der Waals surface area contributed by atoms with Crippen LogP contribution in [0.25, 0.3) is 11.4 Å². The number of nitrogens with one attached hydrogen (secondary N) is 3. The number of nitrogen functional groups attached to an aromatic ring is 1. The van der Waals surface area contributed by atoms with Crippen LogP contribution in [0.3, 0.4) is 0 Å². The Bertz CT molecular complexity index is 1010. The zero-order valence-electron chi connectivity index (χ0n) is 14.1. The lowest BCUT2D eigenvalue weighted by atomic mass is 10.1. The molecular formula is C18H17FN6O. The number of benzene rings is 1. The fraction of sp³-hybridized carbons (Fsp3) is 0.167. The number of nitrogens with two attached hydrogens (primary N) is 1. The van der Waals surface area contributed by atoms with Gasteiger partial charge in [-0.15, -0.1) is 0 Å². The van der Waals surface area contributed by atoms with E-state index in [0.29, 0.717) is 46.9 Å². The van der Waals surface area contributed by atoms with Crippen molar-refractivity contribution in [3.8, 4) is 11.4 Å². The van der Waals surface area contributed by atoms with Crippen LogP contribution in [-0.2, 0) is 6.42 Å². The summed E-state index contributed by atoms with van der Waals surface area (Å²) in [5, 5.41) is 6.04. The number of carbonyl (C=O) groups is 1. The number of hydrogen-bond donors (Lipinski definition) is 4. The van der Waals surface area contributed by atoms with E-state index in [4.69, 9.17) is 5.73 Å². The fourth-order valence-electron chi connectivity index (χ4n) is 3.09. The maximum atomic E-state index is 13.9. The molecule has 0 unspecified atom stereocenters. The van der Waals surface area contributed by atoms with Gasteiger partial charge in [-0.1, -0.05) is 6.07 Å². The van der Waals surface area contributed by atoms with Crippen molar-refractivity contribution in [2.75, 3.05) is 17.6 Å². The van der Waals surface area contributed by atoms with Gasteiger partial charge in [-0.05, 0) is 25.1 Å². The molecule has 3 aromatic rings. The smallest absolute Gasteiger partial charge is 0.255 e. The first-order valence-corrected chi connectivity index (χ1v) is 8.18. The van der Waals surface area contributed by atoms with Crippen LogP contribution < -0.4 is 16.4 Å². The zero-order chi connectivity index (χ0) is 18.3. The molecule has 1 amide bonds. The fourth-order valence-corrected chi connectivity index (χ4v) is 3.09. The molecule has 0 fully saturated rings. The van der Waals surface area contributed by atoms with Crippen molar-refractivity contribution in [2.45, 2.75) is 13.3 Å². The molecule has 1 aliphatic heterocycles. The SMILES string of the molecule is Cc1c(F)cccc1Nc1c(-c2ccnc(N)n2)[nH]c2c1C(=O)NCC2. The molecule has 1 aliphatic rings. The van der Waals surface area contributed by atoms with Crippen LogP contribution in [0.15, 0.2) is 30.5 Å². The second-order valence-corrected chi connectivity index (χ2v) is 6.07. The van der Waals surface area contributed by atoms with Crippen LogP contribution in [0, 0.1) is 12.7 Å². The highest BCUT2D eigenvalue weighted by Crippen LogP contribution is 2.36. The third-order valence-electron chi connectivity index (χ3n) is 4.42. The van der Waals surface area contributed by atoms with Crippen molar-refractivity contribution in [1.82, 2.24) is 20.3 Å². The van der Waals surface area contributed by atoms with Gasteiger partial charge in [0.1, 0.15) is 5.82 Å². The van der Waals surface area contributed by atoms with E-state index in [1.165, 1.54) is 6.07 Å². The average molecular weight is 352 g/mol. The van der Waals surface area contributed by atoms with E-state index in [9.17, 15) is 9.18 Å². The van der Waals surface area contributed by atoms with Crippen LogP contribution >= 0.6 is 0 Å². The Hall–Kier alpha value is -3.42. The van der Waals surface area contributed by atoms with Crippen molar-refractivity contribution in [2.24, 2.45) is 0 Å². The molecule has 26 heavy (non-hydrogen) atoms. The van der Waals surface area contributed by atoms with Crippen molar-refractivity contribution in [3.63, 3.8) is 0 Å². The highest BCUT2D eigenvalue weighted by Gasteiger charge is 2.27. The molecule has 132 valence electrons. The highest BCUT2D eigenvalue weighted by atomic mass is 19.1. The largest absolute Gasteiger partial charge is 0.368 e. The molecule has 1 aromatic carbocycles. The van der Waals surface area contributed by atoms with Gasteiger partial charge in [-0.3, -0.25) is 4.79 Å². The van der Waals surface area contributed by atoms with E-state index in [2.05, 4.69) is 25.6 Å². The standard InChI is InChI=1S/C18H17FN6O/c1-9-10(19)3-2-4-11(9)23-16-14-12(5-7-21-17(14)26)24-15(16)13-6-8-22-18(20)25-13/h2-4,6,8,23-24H,5,7H2,1H3,(H,21,26)(H2,20,22,25). The summed E-state index contributed by atoms with van der Waals surface area (Å²) in [6.45, 7) is 2.23. The quantitative estimate of drug-likeness (QED) is 0.579. The van der Waals surface area contributed by atoms with Crippen LogP contribution in [0.1, 0.15) is 21.6 Å². The van der Waals surface area contributed by atoms with E-state index in [1.807, 2.05) is 0 Å². The predicted octanol–water partition coefficient (Wildman–Crippen LogP) is 2.53. The first-order valence-electron chi connectivity index (χ1n) is 8.18. The molecule has 4 rings (SSSR count). The maximum Gasteiger partial charge on any atom is 0.255 e. The molecule has 5 N–H and O–H groups in total. The van der Waals surface area contributed by atoms with E-state index in [0.717, 1.165) is 5.69 Å². The summed E-state index contributed by atoms with van der Waals surface area (Å²) in [7, 11) is 0. The summed E-state index contributed by atoms with van der Waals surface area (Å²) in [4.78, 5) is 23.9. The number of hydrogen-bond acceptors (Lipinski definition) is 5. The Morgan fingerprint density at radius 2 is 2.15 bits per heavy atom. The first-order chi connectivity index (χ1) is 12.5. The number of fused-ring (bicyclic) bond motifs is 1.